The number of aromatic nitrogens is 1. The van der Waals surface area contributed by atoms with Gasteiger partial charge in [-0.3, -0.25) is 29.6 Å². The van der Waals surface area contributed by atoms with Gasteiger partial charge in [0.1, 0.15) is 6.61 Å². The van der Waals surface area contributed by atoms with Crippen molar-refractivity contribution in [2.45, 2.75) is 13.2 Å². The zero-order chi connectivity index (χ0) is 24.1. The Bertz CT molecular complexity index is 1260. The number of nitrogens with zero attached hydrogens (tertiary/aromatic N) is 3. The number of nitro groups is 1. The molecule has 0 N–H and O–H groups in total. The van der Waals surface area contributed by atoms with E-state index in [9.17, 15) is 19.7 Å². The summed E-state index contributed by atoms with van der Waals surface area (Å²) in [5.74, 6) is 0.612. The van der Waals surface area contributed by atoms with Gasteiger partial charge in [-0.15, -0.1) is 0 Å². The van der Waals surface area contributed by atoms with E-state index in [0.717, 1.165) is 22.2 Å². The molecule has 0 unspecified atom stereocenters. The molecule has 0 saturated carbocycles. The highest BCUT2D eigenvalue weighted by atomic mass is 32.2. The molecule has 1 fully saturated rings. The van der Waals surface area contributed by atoms with E-state index in [4.69, 9.17) is 9.47 Å². The van der Waals surface area contributed by atoms with Gasteiger partial charge in [0, 0.05) is 24.5 Å². The SMILES string of the molecule is COc1cc(/C=C2\SC(=O)N(Cc3ccc([N+](=O)[O-])cc3)C2=O)ccc1OCc1ccncc1. The quantitative estimate of drug-likeness (QED) is 0.258. The molecule has 3 aromatic rings. The number of non-ortho nitro benzene ring substituents is 1. The molecule has 34 heavy (non-hydrogen) atoms. The average Bonchev–Trinajstić information content (AvgIpc) is 3.11. The average molecular weight is 477 g/mol. The van der Waals surface area contributed by atoms with Crippen LogP contribution in [0.25, 0.3) is 6.08 Å². The topological polar surface area (TPSA) is 112 Å². The van der Waals surface area contributed by atoms with Crippen LogP contribution in [0.3, 0.4) is 0 Å². The van der Waals surface area contributed by atoms with Gasteiger partial charge in [-0.1, -0.05) is 18.2 Å². The van der Waals surface area contributed by atoms with Crippen molar-refractivity contribution in [2.75, 3.05) is 7.11 Å². The summed E-state index contributed by atoms with van der Waals surface area (Å²) in [6, 6.07) is 14.7. The van der Waals surface area contributed by atoms with Gasteiger partial charge in [-0.25, -0.2) is 0 Å². The molecule has 0 bridgehead atoms. The van der Waals surface area contributed by atoms with Crippen LogP contribution in [-0.2, 0) is 17.9 Å². The smallest absolute Gasteiger partial charge is 0.293 e. The van der Waals surface area contributed by atoms with Crippen LogP contribution >= 0.6 is 11.8 Å². The Morgan fingerprint density at radius 2 is 1.76 bits per heavy atom. The third kappa shape index (κ3) is 5.24. The molecular weight excluding hydrogens is 458 g/mol. The number of carbonyl (C=O) groups excluding carboxylic acids is 2. The zero-order valence-electron chi connectivity index (χ0n) is 18.0. The minimum Gasteiger partial charge on any atom is -0.493 e. The van der Waals surface area contributed by atoms with Gasteiger partial charge in [-0.05, 0) is 58.8 Å². The largest absolute Gasteiger partial charge is 0.493 e. The number of hydrogen-bond donors (Lipinski definition) is 0. The van der Waals surface area contributed by atoms with Gasteiger partial charge in [0.2, 0.25) is 0 Å². The van der Waals surface area contributed by atoms with Gasteiger partial charge in [-0.2, -0.15) is 0 Å². The van der Waals surface area contributed by atoms with Crippen molar-refractivity contribution in [2.24, 2.45) is 0 Å². The summed E-state index contributed by atoms with van der Waals surface area (Å²) in [6.07, 6.45) is 5.00. The maximum atomic E-state index is 12.8. The van der Waals surface area contributed by atoms with Gasteiger partial charge >= 0.3 is 0 Å². The van der Waals surface area contributed by atoms with Gasteiger partial charge in [0.05, 0.1) is 23.5 Å². The molecule has 172 valence electrons. The molecule has 1 aliphatic heterocycles. The molecule has 2 heterocycles. The Balaban J connectivity index is 1.47. The minimum atomic E-state index is -0.504. The van der Waals surface area contributed by atoms with Crippen molar-refractivity contribution in [3.63, 3.8) is 0 Å². The Morgan fingerprint density at radius 3 is 2.44 bits per heavy atom. The van der Waals surface area contributed by atoms with Gasteiger partial charge < -0.3 is 9.47 Å². The summed E-state index contributed by atoms with van der Waals surface area (Å²) in [4.78, 5) is 40.9. The van der Waals surface area contributed by atoms with Crippen LogP contribution in [-0.4, -0.2) is 33.1 Å². The summed E-state index contributed by atoms with van der Waals surface area (Å²) in [7, 11) is 1.52. The number of rotatable bonds is 8. The molecule has 0 spiro atoms. The number of ether oxygens (including phenoxy) is 2. The summed E-state index contributed by atoms with van der Waals surface area (Å²) < 4.78 is 11.3. The Kier molecular flexibility index (Phi) is 6.88. The molecule has 1 aromatic heterocycles. The number of pyridine rings is 1. The van der Waals surface area contributed by atoms with Crippen LogP contribution < -0.4 is 9.47 Å². The van der Waals surface area contributed by atoms with E-state index in [1.165, 1.54) is 31.4 Å². The number of hydrogen-bond acceptors (Lipinski definition) is 8. The Hall–Kier alpha value is -4.18. The lowest BCUT2D eigenvalue weighted by molar-refractivity contribution is -0.384. The van der Waals surface area contributed by atoms with Crippen LogP contribution in [0, 0.1) is 10.1 Å². The molecule has 2 aromatic carbocycles. The van der Waals surface area contributed by atoms with Crippen LogP contribution in [0.2, 0.25) is 0 Å². The lowest BCUT2D eigenvalue weighted by Gasteiger charge is -2.12. The summed E-state index contributed by atoms with van der Waals surface area (Å²) >= 11 is 0.841. The van der Waals surface area contributed by atoms with Crippen molar-refractivity contribution in [3.05, 3.63) is 98.7 Å². The molecule has 2 amide bonds. The van der Waals surface area contributed by atoms with Crippen LogP contribution in [0.1, 0.15) is 16.7 Å². The standard InChI is InChI=1S/C24H19N3O6S/c1-32-21-12-18(4-7-20(21)33-15-17-8-10-25-11-9-17)13-22-23(28)26(24(29)34-22)14-16-2-5-19(6-3-16)27(30)31/h2-13H,14-15H2,1H3/b22-13-. The highest BCUT2D eigenvalue weighted by molar-refractivity contribution is 8.18. The van der Waals surface area contributed by atoms with Crippen molar-refractivity contribution in [3.8, 4) is 11.5 Å². The van der Waals surface area contributed by atoms with E-state index < -0.39 is 16.1 Å². The predicted octanol–water partition coefficient (Wildman–Crippen LogP) is 4.81. The summed E-state index contributed by atoms with van der Waals surface area (Å²) in [6.45, 7) is 0.380. The van der Waals surface area contributed by atoms with Crippen LogP contribution in [0.15, 0.2) is 71.9 Å². The number of amides is 2. The number of imide groups is 1. The fraction of sp³-hybridized carbons (Fsp3) is 0.125. The number of thioether (sulfide) groups is 1. The summed E-state index contributed by atoms with van der Waals surface area (Å²) in [5.41, 5.74) is 2.20. The molecule has 0 radical (unpaired) electrons. The molecule has 0 aliphatic carbocycles. The second kappa shape index (κ2) is 10.2. The maximum absolute atomic E-state index is 12.8. The molecule has 9 nitrogen and oxygen atoms in total. The zero-order valence-corrected chi connectivity index (χ0v) is 18.9. The van der Waals surface area contributed by atoms with E-state index in [1.54, 1.807) is 36.7 Å². The highest BCUT2D eigenvalue weighted by Gasteiger charge is 2.35. The van der Waals surface area contributed by atoms with E-state index in [1.807, 2.05) is 12.1 Å². The number of carbonyl (C=O) groups is 2. The first kappa shape index (κ1) is 23.0. The number of nitro benzene ring substituents is 1. The van der Waals surface area contributed by atoms with Crippen molar-refractivity contribution < 1.29 is 24.0 Å². The fourth-order valence-electron chi connectivity index (χ4n) is 3.23. The summed E-state index contributed by atoms with van der Waals surface area (Å²) in [5, 5.41) is 10.4. The lowest BCUT2D eigenvalue weighted by atomic mass is 10.1. The third-order valence-electron chi connectivity index (χ3n) is 4.99. The number of benzene rings is 2. The van der Waals surface area contributed by atoms with E-state index >= 15 is 0 Å². The fourth-order valence-corrected chi connectivity index (χ4v) is 4.06. The Morgan fingerprint density at radius 1 is 1.03 bits per heavy atom. The molecule has 1 saturated heterocycles. The lowest BCUT2D eigenvalue weighted by Crippen LogP contribution is -2.27. The van der Waals surface area contributed by atoms with E-state index in [2.05, 4.69) is 4.98 Å². The molecule has 10 heteroatoms. The van der Waals surface area contributed by atoms with Gasteiger partial charge in [0.15, 0.2) is 11.5 Å². The van der Waals surface area contributed by atoms with E-state index in [0.29, 0.717) is 29.2 Å². The second-order valence-electron chi connectivity index (χ2n) is 7.25. The second-order valence-corrected chi connectivity index (χ2v) is 8.24. The van der Waals surface area contributed by atoms with Crippen LogP contribution in [0.5, 0.6) is 11.5 Å². The minimum absolute atomic E-state index is 0.0328. The third-order valence-corrected chi connectivity index (χ3v) is 5.90. The van der Waals surface area contributed by atoms with Crippen LogP contribution in [0.4, 0.5) is 10.5 Å². The van der Waals surface area contributed by atoms with Crippen molar-refractivity contribution >= 4 is 34.7 Å². The Labute approximate surface area is 199 Å². The van der Waals surface area contributed by atoms with Crippen molar-refractivity contribution in [1.82, 2.24) is 9.88 Å². The molecular formula is C24H19N3O6S. The monoisotopic (exact) mass is 477 g/mol. The molecule has 4 rings (SSSR count). The normalized spacial score (nSPS) is 14.5. The van der Waals surface area contributed by atoms with Gasteiger partial charge in [0.25, 0.3) is 16.8 Å². The number of methoxy groups -OCH3 is 1. The first-order valence-electron chi connectivity index (χ1n) is 10.1. The highest BCUT2D eigenvalue weighted by Crippen LogP contribution is 2.35. The van der Waals surface area contributed by atoms with Crippen molar-refractivity contribution in [1.29, 1.82) is 0 Å². The maximum Gasteiger partial charge on any atom is 0.293 e. The first-order chi connectivity index (χ1) is 16.4. The van der Waals surface area contributed by atoms with E-state index in [-0.39, 0.29) is 17.1 Å². The first-order valence-corrected chi connectivity index (χ1v) is 10.9. The predicted molar refractivity (Wildman–Crippen MR) is 126 cm³/mol. The molecule has 0 atom stereocenters. The molecule has 1 aliphatic rings.